The molecule has 0 saturated heterocycles. The van der Waals surface area contributed by atoms with Crippen LogP contribution in [0.5, 0.6) is 0 Å². The van der Waals surface area contributed by atoms with Gasteiger partial charge in [-0.25, -0.2) is 0 Å². The van der Waals surface area contributed by atoms with Crippen LogP contribution >= 0.6 is 0 Å². The van der Waals surface area contributed by atoms with Crippen molar-refractivity contribution < 1.29 is 4.42 Å². The number of hydrogen-bond acceptors (Lipinski definition) is 6. The third kappa shape index (κ3) is 3.30. The molecule has 0 aliphatic carbocycles. The van der Waals surface area contributed by atoms with Crippen molar-refractivity contribution in [2.45, 2.75) is 33.4 Å². The number of nitrogens with zero attached hydrogens (tertiary/aromatic N) is 4. The van der Waals surface area contributed by atoms with Crippen molar-refractivity contribution in [1.29, 1.82) is 0 Å². The fourth-order valence-electron chi connectivity index (χ4n) is 1.46. The normalized spacial score (nSPS) is 10.8. The Morgan fingerprint density at radius 1 is 1.33 bits per heavy atom. The molecule has 2 rings (SSSR count). The van der Waals surface area contributed by atoms with E-state index in [1.165, 1.54) is 0 Å². The predicted molar refractivity (Wildman–Crippen MR) is 67.5 cm³/mol. The highest BCUT2D eigenvalue weighted by molar-refractivity contribution is 5.44. The molecule has 7 heteroatoms. The largest absolute Gasteiger partial charge is 0.406 e. The lowest BCUT2D eigenvalue weighted by molar-refractivity contribution is 0.479. The molecule has 2 heterocycles. The van der Waals surface area contributed by atoms with Crippen LogP contribution in [0.1, 0.15) is 26.2 Å². The second-order valence-corrected chi connectivity index (χ2v) is 3.86. The molecule has 0 saturated carbocycles. The Labute approximate surface area is 106 Å². The smallest absolute Gasteiger partial charge is 0.321 e. The highest BCUT2D eigenvalue weighted by Gasteiger charge is 2.07. The van der Waals surface area contributed by atoms with Crippen molar-refractivity contribution in [1.82, 2.24) is 25.3 Å². The summed E-state index contributed by atoms with van der Waals surface area (Å²) in [4.78, 5) is 0. The van der Waals surface area contributed by atoms with Gasteiger partial charge in [-0.3, -0.25) is 10.00 Å². The first-order chi connectivity index (χ1) is 8.81. The summed E-state index contributed by atoms with van der Waals surface area (Å²) in [5, 5.41) is 18.3. The van der Waals surface area contributed by atoms with E-state index in [9.17, 15) is 0 Å². The molecule has 98 valence electrons. The molecular formula is C11H18N6O. The first kappa shape index (κ1) is 12.6. The molecule has 2 N–H and O–H groups in total. The van der Waals surface area contributed by atoms with E-state index in [0.29, 0.717) is 24.3 Å². The molecule has 0 fully saturated rings. The minimum absolute atomic E-state index is 0.365. The Morgan fingerprint density at radius 2 is 2.22 bits per heavy atom. The lowest BCUT2D eigenvalue weighted by Gasteiger charge is -1.97. The van der Waals surface area contributed by atoms with Gasteiger partial charge in [0.05, 0.1) is 6.54 Å². The Bertz CT molecular complexity index is 477. The molecule has 0 atom stereocenters. The molecule has 0 unspecified atom stereocenters. The topological polar surface area (TPSA) is 80.8 Å². The van der Waals surface area contributed by atoms with Gasteiger partial charge in [0, 0.05) is 18.8 Å². The Morgan fingerprint density at radius 3 is 2.94 bits per heavy atom. The van der Waals surface area contributed by atoms with Gasteiger partial charge in [-0.1, -0.05) is 12.0 Å². The van der Waals surface area contributed by atoms with Crippen LogP contribution in [0.4, 0.5) is 11.8 Å². The monoisotopic (exact) mass is 250 g/mol. The van der Waals surface area contributed by atoms with Gasteiger partial charge in [-0.05, 0) is 19.9 Å². The molecular weight excluding hydrogens is 232 g/mol. The molecule has 0 aliphatic heterocycles. The second-order valence-electron chi connectivity index (χ2n) is 3.86. The maximum absolute atomic E-state index is 5.43. The van der Waals surface area contributed by atoms with Crippen LogP contribution in [0.2, 0.25) is 0 Å². The van der Waals surface area contributed by atoms with E-state index in [-0.39, 0.29) is 0 Å². The van der Waals surface area contributed by atoms with Gasteiger partial charge in [0.25, 0.3) is 0 Å². The van der Waals surface area contributed by atoms with Crippen LogP contribution in [0, 0.1) is 0 Å². The molecule has 7 nitrogen and oxygen atoms in total. The standard InChI is InChI=1S/C11H18N6O/c1-3-6-12-8-10-14-15-11(18-10)13-9-5-7-17(4-2)16-9/h5,7,12H,3-4,6,8H2,1-2H3,(H,13,15,16). The maximum atomic E-state index is 5.43. The number of rotatable bonds is 7. The Kier molecular flexibility index (Phi) is 4.30. The summed E-state index contributed by atoms with van der Waals surface area (Å²) in [5.74, 6) is 1.27. The summed E-state index contributed by atoms with van der Waals surface area (Å²) in [6.07, 6.45) is 2.97. The van der Waals surface area contributed by atoms with Crippen LogP contribution < -0.4 is 10.6 Å². The lowest BCUT2D eigenvalue weighted by atomic mass is 10.5. The van der Waals surface area contributed by atoms with Crippen molar-refractivity contribution in [3.05, 3.63) is 18.2 Å². The quantitative estimate of drug-likeness (QED) is 0.725. The zero-order valence-electron chi connectivity index (χ0n) is 10.7. The van der Waals surface area contributed by atoms with Gasteiger partial charge in [-0.2, -0.15) is 5.10 Å². The highest BCUT2D eigenvalue weighted by atomic mass is 16.4. The molecule has 0 bridgehead atoms. The first-order valence-corrected chi connectivity index (χ1v) is 6.15. The van der Waals surface area contributed by atoms with E-state index in [4.69, 9.17) is 4.42 Å². The number of aryl methyl sites for hydroxylation is 1. The fraction of sp³-hybridized carbons (Fsp3) is 0.545. The van der Waals surface area contributed by atoms with Crippen LogP contribution in [0.3, 0.4) is 0 Å². The third-order valence-corrected chi connectivity index (χ3v) is 2.37. The number of anilines is 2. The van der Waals surface area contributed by atoms with E-state index in [1.54, 1.807) is 0 Å². The number of nitrogens with one attached hydrogen (secondary N) is 2. The maximum Gasteiger partial charge on any atom is 0.321 e. The summed E-state index contributed by atoms with van der Waals surface area (Å²) >= 11 is 0. The van der Waals surface area contributed by atoms with Gasteiger partial charge in [-0.15, -0.1) is 5.10 Å². The van der Waals surface area contributed by atoms with E-state index in [2.05, 4.69) is 32.9 Å². The van der Waals surface area contributed by atoms with Crippen molar-refractivity contribution in [3.63, 3.8) is 0 Å². The number of aromatic nitrogens is 4. The van der Waals surface area contributed by atoms with E-state index >= 15 is 0 Å². The summed E-state index contributed by atoms with van der Waals surface area (Å²) in [5.41, 5.74) is 0. The van der Waals surface area contributed by atoms with Crippen LogP contribution in [0.25, 0.3) is 0 Å². The SMILES string of the molecule is CCCNCc1nnc(Nc2ccn(CC)n2)o1. The van der Waals surface area contributed by atoms with Crippen molar-refractivity contribution in [3.8, 4) is 0 Å². The van der Waals surface area contributed by atoms with E-state index in [1.807, 2.05) is 23.9 Å². The van der Waals surface area contributed by atoms with Crippen LogP contribution in [-0.2, 0) is 13.1 Å². The Balaban J connectivity index is 1.89. The minimum atomic E-state index is 0.365. The molecule has 18 heavy (non-hydrogen) atoms. The molecule has 2 aromatic heterocycles. The van der Waals surface area contributed by atoms with Gasteiger partial charge in [0.1, 0.15) is 0 Å². The summed E-state index contributed by atoms with van der Waals surface area (Å²) < 4.78 is 7.25. The molecule has 2 aromatic rings. The zero-order chi connectivity index (χ0) is 12.8. The van der Waals surface area contributed by atoms with Crippen LogP contribution in [-0.4, -0.2) is 26.5 Å². The van der Waals surface area contributed by atoms with Crippen molar-refractivity contribution in [2.75, 3.05) is 11.9 Å². The second kappa shape index (κ2) is 6.15. The Hall–Kier alpha value is -1.89. The summed E-state index contributed by atoms with van der Waals surface area (Å²) in [6, 6.07) is 2.23. The molecule has 0 spiro atoms. The molecule has 0 aliphatic rings. The van der Waals surface area contributed by atoms with Gasteiger partial charge in [0.15, 0.2) is 5.82 Å². The fourth-order valence-corrected chi connectivity index (χ4v) is 1.46. The van der Waals surface area contributed by atoms with Gasteiger partial charge < -0.3 is 9.73 Å². The zero-order valence-corrected chi connectivity index (χ0v) is 10.7. The third-order valence-electron chi connectivity index (χ3n) is 2.37. The van der Waals surface area contributed by atoms with E-state index < -0.39 is 0 Å². The first-order valence-electron chi connectivity index (χ1n) is 6.15. The summed E-state index contributed by atoms with van der Waals surface area (Å²) in [7, 11) is 0. The summed E-state index contributed by atoms with van der Waals surface area (Å²) in [6.45, 7) is 6.49. The molecule has 0 amide bonds. The van der Waals surface area contributed by atoms with E-state index in [0.717, 1.165) is 19.5 Å². The minimum Gasteiger partial charge on any atom is -0.406 e. The highest BCUT2D eigenvalue weighted by Crippen LogP contribution is 2.12. The van der Waals surface area contributed by atoms with Crippen molar-refractivity contribution in [2.24, 2.45) is 0 Å². The predicted octanol–water partition coefficient (Wildman–Crippen LogP) is 1.53. The average molecular weight is 250 g/mol. The van der Waals surface area contributed by atoms with Gasteiger partial charge in [0.2, 0.25) is 5.89 Å². The molecule has 0 aromatic carbocycles. The van der Waals surface area contributed by atoms with Crippen LogP contribution in [0.15, 0.2) is 16.7 Å². The van der Waals surface area contributed by atoms with Gasteiger partial charge >= 0.3 is 6.01 Å². The molecule has 0 radical (unpaired) electrons. The number of hydrogen-bond donors (Lipinski definition) is 2. The lowest BCUT2D eigenvalue weighted by Crippen LogP contribution is -2.13. The van der Waals surface area contributed by atoms with Crippen molar-refractivity contribution >= 4 is 11.8 Å². The average Bonchev–Trinajstić information content (AvgIpc) is 3.00.